The first kappa shape index (κ1) is 34.7. The lowest BCUT2D eigenvalue weighted by Crippen LogP contribution is -2.42. The Balaban J connectivity index is 1.02. The van der Waals surface area contributed by atoms with Crippen LogP contribution in [0.2, 0.25) is 0 Å². The zero-order valence-corrected chi connectivity index (χ0v) is 30.2. The van der Waals surface area contributed by atoms with Gasteiger partial charge in [0.1, 0.15) is 0 Å². The van der Waals surface area contributed by atoms with E-state index in [9.17, 15) is 32.3 Å². The fourth-order valence-electron chi connectivity index (χ4n) is 9.31. The number of rotatable bonds is 8. The van der Waals surface area contributed by atoms with Crippen molar-refractivity contribution in [1.29, 1.82) is 0 Å². The number of fused-ring (bicyclic) bond motifs is 10. The molecule has 2 aliphatic heterocycles. The topological polar surface area (TPSA) is 118 Å². The normalized spacial score (nSPS) is 25.4. The highest BCUT2D eigenvalue weighted by molar-refractivity contribution is 8.00. The van der Waals surface area contributed by atoms with E-state index >= 15 is 0 Å². The van der Waals surface area contributed by atoms with Crippen LogP contribution < -0.4 is 24.6 Å². The molecule has 1 saturated heterocycles. The van der Waals surface area contributed by atoms with E-state index in [2.05, 4.69) is 10.3 Å². The van der Waals surface area contributed by atoms with E-state index in [0.29, 0.717) is 35.2 Å². The quantitative estimate of drug-likeness (QED) is 0.155. The van der Waals surface area contributed by atoms with Crippen molar-refractivity contribution in [2.24, 2.45) is 29.6 Å². The van der Waals surface area contributed by atoms with Crippen LogP contribution in [-0.2, 0) is 20.6 Å². The molecule has 7 atom stereocenters. The minimum atomic E-state index is -4.75. The van der Waals surface area contributed by atoms with Crippen molar-refractivity contribution in [3.05, 3.63) is 111 Å². The Kier molecular flexibility index (Phi) is 8.38. The smallest absolute Gasteiger partial charge is 0.418 e. The molecular formula is C40H32F3N3O6S2. The zero-order valence-electron chi connectivity index (χ0n) is 28.6. The first-order valence-electron chi connectivity index (χ1n) is 17.6. The Labute approximate surface area is 314 Å². The van der Waals surface area contributed by atoms with Gasteiger partial charge in [-0.2, -0.15) is 13.2 Å². The highest BCUT2D eigenvalue weighted by Crippen LogP contribution is 2.69. The number of alkyl halides is 3. The fourth-order valence-corrected chi connectivity index (χ4v) is 12.2. The molecule has 2 bridgehead atoms. The molecule has 5 aromatic rings. The van der Waals surface area contributed by atoms with Crippen LogP contribution in [0, 0.1) is 29.6 Å². The van der Waals surface area contributed by atoms with Gasteiger partial charge in [-0.1, -0.05) is 65.9 Å². The molecule has 1 aromatic heterocycles. The second-order valence-corrected chi connectivity index (χ2v) is 16.2. The lowest BCUT2D eigenvalue weighted by molar-refractivity contribution is -0.137. The van der Waals surface area contributed by atoms with E-state index in [1.165, 1.54) is 30.0 Å². The Morgan fingerprint density at radius 3 is 2.44 bits per heavy atom. The van der Waals surface area contributed by atoms with E-state index in [-0.39, 0.29) is 46.3 Å². The number of anilines is 2. The summed E-state index contributed by atoms with van der Waals surface area (Å²) in [6, 6.07) is 23.5. The molecule has 54 heavy (non-hydrogen) atoms. The van der Waals surface area contributed by atoms with Crippen LogP contribution in [0.5, 0.6) is 11.5 Å². The first-order chi connectivity index (χ1) is 26.0. The third-order valence-electron chi connectivity index (χ3n) is 11.2. The zero-order chi connectivity index (χ0) is 37.5. The number of carbonyl (C=O) groups is 3. The van der Waals surface area contributed by atoms with E-state index in [1.54, 1.807) is 6.07 Å². The van der Waals surface area contributed by atoms with Gasteiger partial charge < -0.3 is 19.8 Å². The van der Waals surface area contributed by atoms with Crippen LogP contribution >= 0.6 is 23.1 Å². The van der Waals surface area contributed by atoms with Crippen LogP contribution in [-0.4, -0.2) is 41.2 Å². The van der Waals surface area contributed by atoms with Gasteiger partial charge in [-0.05, 0) is 72.4 Å². The van der Waals surface area contributed by atoms with Gasteiger partial charge in [0.25, 0.3) is 5.91 Å². The number of amides is 3. The van der Waals surface area contributed by atoms with Crippen molar-refractivity contribution in [3.8, 4) is 11.5 Å². The maximum Gasteiger partial charge on any atom is 0.418 e. The van der Waals surface area contributed by atoms with Crippen molar-refractivity contribution in [3.63, 3.8) is 0 Å². The lowest BCUT2D eigenvalue weighted by atomic mass is 9.68. The number of aromatic nitrogens is 1. The number of aromatic amines is 1. The predicted molar refractivity (Wildman–Crippen MR) is 198 cm³/mol. The number of H-pyrrole nitrogens is 1. The van der Waals surface area contributed by atoms with E-state index in [0.717, 1.165) is 43.5 Å². The molecule has 3 amide bonds. The lowest BCUT2D eigenvalue weighted by Gasteiger charge is -2.43. The minimum Gasteiger partial charge on any atom is -0.490 e. The van der Waals surface area contributed by atoms with Gasteiger partial charge in [0.15, 0.2) is 18.1 Å². The molecule has 6 unspecified atom stereocenters. The highest BCUT2D eigenvalue weighted by Gasteiger charge is 2.70. The molecule has 4 aromatic carbocycles. The molecule has 14 heteroatoms. The SMILES string of the molecule is CCOc1cc([C@H]2c3sc(=O)[nH]c3SC3C4CC(C5C(=O)N(c6ccccc6C(F)(F)F)C(=O)C45)C32)ccc1OCC(=O)Nc1cccc2ccccc12. The van der Waals surface area contributed by atoms with E-state index in [1.807, 2.05) is 61.5 Å². The van der Waals surface area contributed by atoms with Crippen molar-refractivity contribution in [1.82, 2.24) is 4.98 Å². The van der Waals surface area contributed by atoms with Gasteiger partial charge in [0.2, 0.25) is 11.8 Å². The third-order valence-corrected chi connectivity index (χ3v) is 13.8. The number of carbonyl (C=O) groups excluding carboxylic acids is 3. The third kappa shape index (κ3) is 5.52. The standard InChI is InChI=1S/C40H32F3N3O6S2/c1-2-51-28-16-20(14-15-27(28)52-18-29(47)44-25-12-7-9-19-8-3-4-10-21(19)25)30-31-22-17-23(34(31)53-36-35(30)54-39(50)45-36)33-32(22)37(48)46(38(33)49)26-13-6-5-11-24(26)40(41,42)43/h3-16,22-23,30-34H,2,17-18H2,1H3,(H,44,47)(H,45,50)/t22?,23?,30-,31?,32?,33?,34?/m1/s1. The van der Waals surface area contributed by atoms with Gasteiger partial charge in [-0.3, -0.25) is 19.2 Å². The molecular weight excluding hydrogens is 740 g/mol. The van der Waals surface area contributed by atoms with Gasteiger partial charge in [0, 0.05) is 27.1 Å². The molecule has 3 heterocycles. The Bertz CT molecular complexity index is 2410. The summed E-state index contributed by atoms with van der Waals surface area (Å²) >= 11 is 2.58. The number of para-hydroxylation sites is 1. The van der Waals surface area contributed by atoms with Gasteiger partial charge >= 0.3 is 11.0 Å². The summed E-state index contributed by atoms with van der Waals surface area (Å²) in [6.45, 7) is 1.85. The minimum absolute atomic E-state index is 0.169. The summed E-state index contributed by atoms with van der Waals surface area (Å²) in [7, 11) is 0. The molecule has 4 aliphatic rings. The van der Waals surface area contributed by atoms with Crippen LogP contribution in [0.4, 0.5) is 24.5 Å². The number of thioether (sulfide) groups is 1. The van der Waals surface area contributed by atoms with Crippen molar-refractivity contribution in [2.45, 2.75) is 35.7 Å². The largest absolute Gasteiger partial charge is 0.490 e. The predicted octanol–water partition coefficient (Wildman–Crippen LogP) is 7.70. The Morgan fingerprint density at radius 1 is 0.907 bits per heavy atom. The number of imide groups is 1. The molecule has 9 nitrogen and oxygen atoms in total. The summed E-state index contributed by atoms with van der Waals surface area (Å²) in [6.07, 6.45) is -4.18. The number of nitrogens with one attached hydrogen (secondary N) is 2. The summed E-state index contributed by atoms with van der Waals surface area (Å²) in [5, 5.41) is 5.34. The maximum absolute atomic E-state index is 14.1. The number of hydrogen-bond acceptors (Lipinski definition) is 8. The van der Waals surface area contributed by atoms with Gasteiger partial charge in [0.05, 0.1) is 34.7 Å². The Morgan fingerprint density at radius 2 is 1.65 bits per heavy atom. The fraction of sp³-hybridized carbons (Fsp3) is 0.300. The number of nitrogens with zero attached hydrogens (tertiary/aromatic N) is 1. The van der Waals surface area contributed by atoms with Crippen LogP contribution in [0.25, 0.3) is 10.8 Å². The van der Waals surface area contributed by atoms with Crippen molar-refractivity contribution in [2.75, 3.05) is 23.4 Å². The molecule has 2 N–H and O–H groups in total. The number of ether oxygens (including phenoxy) is 2. The molecule has 2 aliphatic carbocycles. The second-order valence-electron chi connectivity index (χ2n) is 14.0. The monoisotopic (exact) mass is 771 g/mol. The highest BCUT2D eigenvalue weighted by atomic mass is 32.2. The Hall–Kier alpha value is -5.08. The van der Waals surface area contributed by atoms with E-state index in [4.69, 9.17) is 9.47 Å². The van der Waals surface area contributed by atoms with Crippen molar-refractivity contribution >= 4 is 63.0 Å². The molecule has 0 spiro atoms. The van der Waals surface area contributed by atoms with Gasteiger partial charge in [-0.15, -0.1) is 11.8 Å². The van der Waals surface area contributed by atoms with Crippen LogP contribution in [0.15, 0.2) is 94.7 Å². The number of benzene rings is 4. The molecule has 3 fully saturated rings. The average Bonchev–Trinajstić information content (AvgIpc) is 3.89. The average molecular weight is 772 g/mol. The van der Waals surface area contributed by atoms with Crippen molar-refractivity contribution < 1.29 is 37.0 Å². The summed E-state index contributed by atoms with van der Waals surface area (Å²) in [5.74, 6) is -3.48. The number of halogens is 3. The van der Waals surface area contributed by atoms with Gasteiger partial charge in [-0.25, -0.2) is 4.90 Å². The summed E-state index contributed by atoms with van der Waals surface area (Å²) in [4.78, 5) is 58.2. The first-order valence-corrected chi connectivity index (χ1v) is 19.3. The summed E-state index contributed by atoms with van der Waals surface area (Å²) in [5.41, 5.74) is 0.00156. The van der Waals surface area contributed by atoms with E-state index < -0.39 is 41.1 Å². The summed E-state index contributed by atoms with van der Waals surface area (Å²) < 4.78 is 54.2. The number of thiazole rings is 1. The molecule has 9 rings (SSSR count). The maximum atomic E-state index is 14.1. The molecule has 0 radical (unpaired) electrons. The molecule has 2 saturated carbocycles. The number of hydrogen-bond donors (Lipinski definition) is 2. The van der Waals surface area contributed by atoms with Crippen LogP contribution in [0.1, 0.15) is 35.3 Å². The van der Waals surface area contributed by atoms with Crippen LogP contribution in [0.3, 0.4) is 0 Å². The molecule has 276 valence electrons. The second kappa shape index (κ2) is 13.0.